The summed E-state index contributed by atoms with van der Waals surface area (Å²) in [6.45, 7) is 3.22. The van der Waals surface area contributed by atoms with Gasteiger partial charge in [-0.05, 0) is 42.2 Å². The first kappa shape index (κ1) is 21.2. The van der Waals surface area contributed by atoms with Gasteiger partial charge in [0, 0.05) is 38.9 Å². The molecule has 2 fully saturated rings. The van der Waals surface area contributed by atoms with Gasteiger partial charge in [0.25, 0.3) is 0 Å². The summed E-state index contributed by atoms with van der Waals surface area (Å²) in [5, 5.41) is 0. The molecule has 7 heteroatoms. The van der Waals surface area contributed by atoms with Crippen molar-refractivity contribution in [1.29, 1.82) is 0 Å². The molecule has 3 amide bonds. The third-order valence-electron chi connectivity index (χ3n) is 6.46. The lowest BCUT2D eigenvalue weighted by Gasteiger charge is -2.32. The summed E-state index contributed by atoms with van der Waals surface area (Å²) in [5.74, 6) is -0.719. The van der Waals surface area contributed by atoms with Crippen LogP contribution in [0.25, 0.3) is 0 Å². The predicted molar refractivity (Wildman–Crippen MR) is 114 cm³/mol. The summed E-state index contributed by atoms with van der Waals surface area (Å²) >= 11 is 0. The molecule has 7 nitrogen and oxygen atoms in total. The fourth-order valence-corrected chi connectivity index (χ4v) is 4.60. The Morgan fingerprint density at radius 1 is 1.23 bits per heavy atom. The monoisotopic (exact) mass is 421 g/mol. The van der Waals surface area contributed by atoms with E-state index >= 15 is 0 Å². The first-order valence-electron chi connectivity index (χ1n) is 10.6. The van der Waals surface area contributed by atoms with Crippen molar-refractivity contribution in [2.24, 2.45) is 0 Å². The van der Waals surface area contributed by atoms with Gasteiger partial charge in [-0.15, -0.1) is 0 Å². The third kappa shape index (κ3) is 3.97. The van der Waals surface area contributed by atoms with Gasteiger partial charge in [0.2, 0.25) is 17.7 Å². The molecule has 162 valence electrons. The molecule has 2 atom stereocenters. The van der Waals surface area contributed by atoms with Crippen LogP contribution in [-0.4, -0.2) is 58.8 Å². The number of ether oxygens (including phenoxy) is 1. The molecular weight excluding hydrogens is 394 g/mol. The maximum atomic E-state index is 13.8. The molecule has 2 aliphatic heterocycles. The van der Waals surface area contributed by atoms with Crippen molar-refractivity contribution in [3.8, 4) is 0 Å². The quantitative estimate of drug-likeness (QED) is 0.669. The van der Waals surface area contributed by atoms with Crippen LogP contribution in [0.15, 0.2) is 48.8 Å². The topological polar surface area (TPSA) is 79.8 Å². The van der Waals surface area contributed by atoms with E-state index in [2.05, 4.69) is 4.98 Å². The number of pyridine rings is 1. The number of aromatic nitrogens is 1. The molecular formula is C24H27N3O4. The summed E-state index contributed by atoms with van der Waals surface area (Å²) in [6, 6.07) is 11.1. The van der Waals surface area contributed by atoms with Crippen LogP contribution in [0.2, 0.25) is 0 Å². The number of hydrogen-bond donors (Lipinski definition) is 0. The zero-order chi connectivity index (χ0) is 22.0. The minimum absolute atomic E-state index is 0.00143. The van der Waals surface area contributed by atoms with Gasteiger partial charge < -0.3 is 9.64 Å². The van der Waals surface area contributed by atoms with Gasteiger partial charge in [-0.25, -0.2) is 0 Å². The van der Waals surface area contributed by atoms with Crippen molar-refractivity contribution in [3.05, 3.63) is 65.5 Å². The van der Waals surface area contributed by atoms with E-state index in [9.17, 15) is 14.4 Å². The Labute approximate surface area is 182 Å². The molecule has 2 aromatic rings. The lowest BCUT2D eigenvalue weighted by Crippen LogP contribution is -2.45. The molecule has 4 rings (SSSR count). The van der Waals surface area contributed by atoms with Crippen LogP contribution >= 0.6 is 0 Å². The Morgan fingerprint density at radius 2 is 1.97 bits per heavy atom. The second-order valence-corrected chi connectivity index (χ2v) is 8.41. The Bertz CT molecular complexity index is 987. The Balaban J connectivity index is 1.68. The minimum atomic E-state index is -1.19. The number of rotatable bonds is 6. The van der Waals surface area contributed by atoms with Gasteiger partial charge in [0.1, 0.15) is 0 Å². The number of nitrogens with zero attached hydrogens (tertiary/aromatic N) is 3. The van der Waals surface area contributed by atoms with Crippen molar-refractivity contribution in [2.45, 2.75) is 44.2 Å². The van der Waals surface area contributed by atoms with Crippen molar-refractivity contribution in [2.75, 3.05) is 20.3 Å². The first-order chi connectivity index (χ1) is 14.9. The summed E-state index contributed by atoms with van der Waals surface area (Å²) in [4.78, 5) is 47.0. The van der Waals surface area contributed by atoms with E-state index in [0.29, 0.717) is 13.2 Å². The summed E-state index contributed by atoms with van der Waals surface area (Å²) in [5.41, 5.74) is 1.27. The lowest BCUT2D eigenvalue weighted by molar-refractivity contribution is -0.143. The normalized spacial score (nSPS) is 23.4. The smallest absolute Gasteiger partial charge is 0.241 e. The van der Waals surface area contributed by atoms with Crippen LogP contribution in [-0.2, 0) is 31.1 Å². The van der Waals surface area contributed by atoms with Crippen LogP contribution in [0, 0.1) is 6.92 Å². The lowest BCUT2D eigenvalue weighted by atomic mass is 9.74. The number of carbonyl (C=O) groups is 3. The van der Waals surface area contributed by atoms with E-state index in [1.165, 1.54) is 4.90 Å². The maximum absolute atomic E-state index is 13.8. The number of aryl methyl sites for hydroxylation is 1. The number of likely N-dealkylation sites (tertiary alicyclic amines) is 1. The Kier molecular flexibility index (Phi) is 5.87. The number of imide groups is 1. The van der Waals surface area contributed by atoms with Crippen LogP contribution in [0.1, 0.15) is 36.0 Å². The average molecular weight is 421 g/mol. The fraction of sp³-hybridized carbons (Fsp3) is 0.417. The second-order valence-electron chi connectivity index (χ2n) is 8.41. The Hall–Kier alpha value is -3.06. The Morgan fingerprint density at radius 3 is 2.65 bits per heavy atom. The number of hydrogen-bond acceptors (Lipinski definition) is 5. The van der Waals surface area contributed by atoms with Crippen LogP contribution in [0.3, 0.4) is 0 Å². The highest BCUT2D eigenvalue weighted by atomic mass is 16.5. The summed E-state index contributed by atoms with van der Waals surface area (Å²) in [7, 11) is 1.75. The zero-order valence-corrected chi connectivity index (χ0v) is 17.9. The number of benzene rings is 1. The average Bonchev–Trinajstić information content (AvgIpc) is 3.38. The molecule has 1 aromatic heterocycles. The molecule has 2 saturated heterocycles. The van der Waals surface area contributed by atoms with Gasteiger partial charge in [0.15, 0.2) is 0 Å². The summed E-state index contributed by atoms with van der Waals surface area (Å²) < 4.78 is 5.42. The van der Waals surface area contributed by atoms with Crippen molar-refractivity contribution >= 4 is 17.7 Å². The molecule has 31 heavy (non-hydrogen) atoms. The van der Waals surface area contributed by atoms with E-state index in [1.54, 1.807) is 36.5 Å². The second kappa shape index (κ2) is 8.59. The number of likely N-dealkylation sites (N-methyl/N-ethyl adjacent to an activating group) is 1. The SMILES string of the molecule is Cc1ccccc1[C@@]1(CC(=O)N(C)[C@H]2CCOC2)CC(=O)N(Cc2ccncc2)C1=O. The van der Waals surface area contributed by atoms with Crippen molar-refractivity contribution < 1.29 is 19.1 Å². The van der Waals surface area contributed by atoms with E-state index in [-0.39, 0.29) is 43.1 Å². The molecule has 0 unspecified atom stereocenters. The summed E-state index contributed by atoms with van der Waals surface area (Å²) in [6.07, 6.45) is 4.00. The highest BCUT2D eigenvalue weighted by Gasteiger charge is 2.54. The molecule has 0 spiro atoms. The number of carbonyl (C=O) groups excluding carboxylic acids is 3. The van der Waals surface area contributed by atoms with Crippen LogP contribution < -0.4 is 0 Å². The van der Waals surface area contributed by atoms with E-state index in [4.69, 9.17) is 4.74 Å². The largest absolute Gasteiger partial charge is 0.379 e. The maximum Gasteiger partial charge on any atom is 0.241 e. The highest BCUT2D eigenvalue weighted by Crippen LogP contribution is 2.42. The molecule has 0 radical (unpaired) electrons. The van der Waals surface area contributed by atoms with Gasteiger partial charge in [-0.3, -0.25) is 24.3 Å². The molecule has 2 aliphatic rings. The molecule has 0 bridgehead atoms. The molecule has 0 N–H and O–H groups in total. The molecule has 3 heterocycles. The van der Waals surface area contributed by atoms with Gasteiger partial charge in [0.05, 0.1) is 24.6 Å². The van der Waals surface area contributed by atoms with E-state index in [0.717, 1.165) is 23.1 Å². The van der Waals surface area contributed by atoms with Gasteiger partial charge in [-0.2, -0.15) is 0 Å². The van der Waals surface area contributed by atoms with Crippen molar-refractivity contribution in [1.82, 2.24) is 14.8 Å². The van der Waals surface area contributed by atoms with Gasteiger partial charge in [-0.1, -0.05) is 24.3 Å². The van der Waals surface area contributed by atoms with Crippen molar-refractivity contribution in [3.63, 3.8) is 0 Å². The minimum Gasteiger partial charge on any atom is -0.379 e. The molecule has 0 aliphatic carbocycles. The molecule has 0 saturated carbocycles. The standard InChI is InChI=1S/C24H27N3O4/c1-17-5-3-4-6-20(17)24(13-21(28)26(2)19-9-12-31-16-19)14-22(29)27(23(24)30)15-18-7-10-25-11-8-18/h3-8,10-11,19H,9,12-16H2,1-2H3/t19-,24+/m0/s1. The fourth-order valence-electron chi connectivity index (χ4n) is 4.60. The van der Waals surface area contributed by atoms with Crippen LogP contribution in [0.5, 0.6) is 0 Å². The number of amides is 3. The highest BCUT2D eigenvalue weighted by molar-refractivity contribution is 6.10. The van der Waals surface area contributed by atoms with E-state index < -0.39 is 5.41 Å². The third-order valence-corrected chi connectivity index (χ3v) is 6.46. The van der Waals surface area contributed by atoms with Gasteiger partial charge >= 0.3 is 0 Å². The first-order valence-corrected chi connectivity index (χ1v) is 10.6. The van der Waals surface area contributed by atoms with Crippen LogP contribution in [0.4, 0.5) is 0 Å². The van der Waals surface area contributed by atoms with E-state index in [1.807, 2.05) is 31.2 Å². The molecule has 1 aromatic carbocycles. The predicted octanol–water partition coefficient (Wildman–Crippen LogP) is 2.22. The zero-order valence-electron chi connectivity index (χ0n) is 17.9.